The summed E-state index contributed by atoms with van der Waals surface area (Å²) < 4.78 is 56.6. The van der Waals surface area contributed by atoms with Crippen molar-refractivity contribution in [3.05, 3.63) is 23.3 Å². The van der Waals surface area contributed by atoms with Gasteiger partial charge in [-0.1, -0.05) is 11.3 Å². The average Bonchev–Trinajstić information content (AvgIpc) is 3.14. The zero-order chi connectivity index (χ0) is 22.7. The molecule has 3 heterocycles. The Bertz CT molecular complexity index is 1270. The number of anilines is 1. The fourth-order valence-electron chi connectivity index (χ4n) is 3.88. The zero-order valence-electron chi connectivity index (χ0n) is 17.5. The summed E-state index contributed by atoms with van der Waals surface area (Å²) >= 11 is 0.728. The Morgan fingerprint density at radius 3 is 2.75 bits per heavy atom. The third kappa shape index (κ3) is 3.98. The molecule has 9 nitrogen and oxygen atoms in total. The standard InChI is InChI=1S/C19H23F2N7O2S2/c1-11-10-27(6-5-22-11)14-7-12(32(29,30)26-19(2)3-4-19)8-15-13(14)9-23-28(15)18-25-24-17(31-18)16(20)21/h7-9,11,16,22,26H,3-6,10H2,1-2H3. The first kappa shape index (κ1) is 21.6. The molecule has 1 aliphatic carbocycles. The number of piperazine rings is 1. The SMILES string of the molecule is CC1CN(c2cc(S(=O)(=O)NC3(C)CC3)cc3c2cnn3-c2nnc(C(F)F)s2)CCN1. The van der Waals surface area contributed by atoms with Gasteiger partial charge in [-0.3, -0.25) is 0 Å². The smallest absolute Gasteiger partial charge is 0.291 e. The Morgan fingerprint density at radius 2 is 2.09 bits per heavy atom. The molecule has 1 saturated heterocycles. The van der Waals surface area contributed by atoms with Crippen LogP contribution in [-0.4, -0.2) is 59.6 Å². The second-order valence-corrected chi connectivity index (χ2v) is 11.3. The van der Waals surface area contributed by atoms with Gasteiger partial charge in [0.2, 0.25) is 15.2 Å². The number of rotatable bonds is 6. The first-order valence-electron chi connectivity index (χ1n) is 10.3. The molecule has 1 atom stereocenters. The zero-order valence-corrected chi connectivity index (χ0v) is 19.2. The molecule has 2 fully saturated rings. The molecule has 1 aromatic carbocycles. The normalized spacial score (nSPS) is 20.9. The van der Waals surface area contributed by atoms with Crippen LogP contribution in [0.5, 0.6) is 0 Å². The molecular weight excluding hydrogens is 460 g/mol. The van der Waals surface area contributed by atoms with Gasteiger partial charge in [0, 0.05) is 42.3 Å². The van der Waals surface area contributed by atoms with Crippen LogP contribution in [0.1, 0.15) is 38.1 Å². The van der Waals surface area contributed by atoms with Crippen molar-refractivity contribution < 1.29 is 17.2 Å². The number of fused-ring (bicyclic) bond motifs is 1. The number of alkyl halides is 2. The molecule has 3 aromatic rings. The summed E-state index contributed by atoms with van der Waals surface area (Å²) in [6, 6.07) is 3.43. The predicted molar refractivity (Wildman–Crippen MR) is 117 cm³/mol. The monoisotopic (exact) mass is 483 g/mol. The van der Waals surface area contributed by atoms with Gasteiger partial charge < -0.3 is 10.2 Å². The average molecular weight is 484 g/mol. The second kappa shape index (κ2) is 7.68. The molecule has 172 valence electrons. The van der Waals surface area contributed by atoms with Crippen LogP contribution in [0.15, 0.2) is 23.2 Å². The van der Waals surface area contributed by atoms with Gasteiger partial charge in [-0.15, -0.1) is 10.2 Å². The fraction of sp³-hybridized carbons (Fsp3) is 0.526. The van der Waals surface area contributed by atoms with Gasteiger partial charge in [-0.2, -0.15) is 5.10 Å². The Balaban J connectivity index is 1.66. The second-order valence-electron chi connectivity index (χ2n) is 8.62. The van der Waals surface area contributed by atoms with Gasteiger partial charge >= 0.3 is 0 Å². The van der Waals surface area contributed by atoms with Crippen molar-refractivity contribution in [3.8, 4) is 5.13 Å². The third-order valence-electron chi connectivity index (χ3n) is 5.84. The maximum atomic E-state index is 13.2. The maximum Gasteiger partial charge on any atom is 0.291 e. The largest absolute Gasteiger partial charge is 0.368 e. The van der Waals surface area contributed by atoms with E-state index in [4.69, 9.17) is 0 Å². The van der Waals surface area contributed by atoms with E-state index in [9.17, 15) is 17.2 Å². The van der Waals surface area contributed by atoms with Gasteiger partial charge in [0.1, 0.15) is 0 Å². The van der Waals surface area contributed by atoms with Crippen molar-refractivity contribution in [1.29, 1.82) is 0 Å². The summed E-state index contributed by atoms with van der Waals surface area (Å²) in [7, 11) is -3.79. The van der Waals surface area contributed by atoms with E-state index in [1.807, 2.05) is 6.92 Å². The van der Waals surface area contributed by atoms with E-state index < -0.39 is 27.0 Å². The van der Waals surface area contributed by atoms with Crippen LogP contribution in [0.2, 0.25) is 0 Å². The van der Waals surface area contributed by atoms with E-state index in [0.29, 0.717) is 18.6 Å². The third-order valence-corrected chi connectivity index (χ3v) is 8.36. The summed E-state index contributed by atoms with van der Waals surface area (Å²) in [5, 5.41) is 15.6. The Labute approximate surface area is 187 Å². The lowest BCUT2D eigenvalue weighted by Crippen LogP contribution is -2.49. The molecule has 0 amide bonds. The van der Waals surface area contributed by atoms with Crippen LogP contribution < -0.4 is 14.9 Å². The quantitative estimate of drug-likeness (QED) is 0.555. The molecule has 2 aromatic heterocycles. The van der Waals surface area contributed by atoms with Crippen LogP contribution in [0.25, 0.3) is 16.0 Å². The molecule has 13 heteroatoms. The number of nitrogens with one attached hydrogen (secondary N) is 2. The molecule has 2 N–H and O–H groups in total. The first-order chi connectivity index (χ1) is 15.2. The maximum absolute atomic E-state index is 13.2. The van der Waals surface area contributed by atoms with Crippen LogP contribution >= 0.6 is 11.3 Å². The summed E-state index contributed by atoms with van der Waals surface area (Å²) in [4.78, 5) is 2.23. The molecule has 2 aliphatic rings. The highest BCUT2D eigenvalue weighted by molar-refractivity contribution is 7.89. The van der Waals surface area contributed by atoms with E-state index in [1.54, 1.807) is 12.3 Å². The summed E-state index contributed by atoms with van der Waals surface area (Å²) in [6.45, 7) is 6.10. The number of halogens is 2. The number of benzene rings is 1. The highest BCUT2D eigenvalue weighted by atomic mass is 32.2. The van der Waals surface area contributed by atoms with Gasteiger partial charge in [-0.05, 0) is 38.8 Å². The molecule has 1 aliphatic heterocycles. The molecule has 0 radical (unpaired) electrons. The van der Waals surface area contributed by atoms with Gasteiger partial charge in [0.05, 0.1) is 16.6 Å². The van der Waals surface area contributed by atoms with Gasteiger partial charge in [0.15, 0.2) is 5.01 Å². The number of sulfonamides is 1. The van der Waals surface area contributed by atoms with Crippen LogP contribution in [0, 0.1) is 0 Å². The number of nitrogens with zero attached hydrogens (tertiary/aromatic N) is 5. The van der Waals surface area contributed by atoms with Crippen molar-refractivity contribution >= 4 is 38.0 Å². The molecule has 32 heavy (non-hydrogen) atoms. The van der Waals surface area contributed by atoms with Gasteiger partial charge in [-0.25, -0.2) is 26.6 Å². The Kier molecular flexibility index (Phi) is 5.19. The van der Waals surface area contributed by atoms with E-state index in [-0.39, 0.29) is 16.1 Å². The Hall–Kier alpha value is -2.22. The highest BCUT2D eigenvalue weighted by Crippen LogP contribution is 2.38. The lowest BCUT2D eigenvalue weighted by Gasteiger charge is -2.34. The molecule has 1 unspecified atom stereocenters. The lowest BCUT2D eigenvalue weighted by atomic mass is 10.1. The number of hydrogen-bond acceptors (Lipinski definition) is 8. The molecule has 5 rings (SSSR count). The highest BCUT2D eigenvalue weighted by Gasteiger charge is 2.41. The van der Waals surface area contributed by atoms with E-state index in [2.05, 4.69) is 37.2 Å². The van der Waals surface area contributed by atoms with E-state index in [0.717, 1.165) is 41.8 Å². The number of aromatic nitrogens is 4. The first-order valence-corrected chi connectivity index (χ1v) is 12.6. The van der Waals surface area contributed by atoms with E-state index >= 15 is 0 Å². The predicted octanol–water partition coefficient (Wildman–Crippen LogP) is 2.44. The molecular formula is C19H23F2N7O2S2. The summed E-state index contributed by atoms with van der Waals surface area (Å²) in [5.74, 6) is 0. The van der Waals surface area contributed by atoms with Gasteiger partial charge in [0.25, 0.3) is 6.43 Å². The summed E-state index contributed by atoms with van der Waals surface area (Å²) in [5.41, 5.74) is 0.789. The minimum atomic E-state index is -3.79. The topological polar surface area (TPSA) is 105 Å². The van der Waals surface area contributed by atoms with Crippen molar-refractivity contribution in [2.75, 3.05) is 24.5 Å². The minimum absolute atomic E-state index is 0.111. The van der Waals surface area contributed by atoms with Crippen molar-refractivity contribution in [2.45, 2.75) is 49.6 Å². The van der Waals surface area contributed by atoms with Crippen LogP contribution in [-0.2, 0) is 10.0 Å². The lowest BCUT2D eigenvalue weighted by molar-refractivity contribution is 0.150. The number of hydrogen-bond donors (Lipinski definition) is 2. The van der Waals surface area contributed by atoms with Crippen molar-refractivity contribution in [3.63, 3.8) is 0 Å². The summed E-state index contributed by atoms with van der Waals surface area (Å²) in [6.07, 6.45) is 0.457. The Morgan fingerprint density at radius 1 is 1.31 bits per heavy atom. The van der Waals surface area contributed by atoms with E-state index in [1.165, 1.54) is 10.7 Å². The van der Waals surface area contributed by atoms with Crippen molar-refractivity contribution in [1.82, 2.24) is 30.0 Å². The van der Waals surface area contributed by atoms with Crippen LogP contribution in [0.4, 0.5) is 14.5 Å². The molecule has 1 saturated carbocycles. The fourth-order valence-corrected chi connectivity index (χ4v) is 6.05. The minimum Gasteiger partial charge on any atom is -0.368 e. The van der Waals surface area contributed by atoms with Crippen molar-refractivity contribution in [2.24, 2.45) is 0 Å². The molecule has 0 bridgehead atoms. The van der Waals surface area contributed by atoms with Crippen LogP contribution in [0.3, 0.4) is 0 Å². The molecule has 0 spiro atoms.